The van der Waals surface area contributed by atoms with Crippen LogP contribution >= 0.6 is 0 Å². The predicted molar refractivity (Wildman–Crippen MR) is 139 cm³/mol. The van der Waals surface area contributed by atoms with Crippen molar-refractivity contribution in [2.75, 3.05) is 6.61 Å². The molecule has 1 saturated carbocycles. The van der Waals surface area contributed by atoms with Crippen molar-refractivity contribution in [1.29, 1.82) is 0 Å². The lowest BCUT2D eigenvalue weighted by Crippen LogP contribution is -2.20. The summed E-state index contributed by atoms with van der Waals surface area (Å²) in [5.74, 6) is 1.61. The number of hydrogen-bond acceptors (Lipinski definition) is 2. The van der Waals surface area contributed by atoms with Crippen LogP contribution in [0, 0.1) is 11.8 Å². The number of carbonyl (C=O) groups is 1. The van der Waals surface area contributed by atoms with Crippen LogP contribution in [0.25, 0.3) is 16.8 Å². The van der Waals surface area contributed by atoms with E-state index in [9.17, 15) is 4.79 Å². The Morgan fingerprint density at radius 2 is 1.52 bits per heavy atom. The van der Waals surface area contributed by atoms with E-state index in [2.05, 4.69) is 19.1 Å². The van der Waals surface area contributed by atoms with E-state index in [-0.39, 0.29) is 0 Å². The van der Waals surface area contributed by atoms with Crippen molar-refractivity contribution in [3.8, 4) is 5.75 Å². The second-order valence-corrected chi connectivity index (χ2v) is 9.90. The monoisotopic (exact) mass is 450 g/mol. The van der Waals surface area contributed by atoms with Gasteiger partial charge in [0.2, 0.25) is 0 Å². The van der Waals surface area contributed by atoms with Gasteiger partial charge >= 0.3 is 5.97 Å². The van der Waals surface area contributed by atoms with Crippen LogP contribution in [-0.2, 0) is 4.79 Å². The Hall–Kier alpha value is -2.29. The molecule has 1 aliphatic rings. The maximum atomic E-state index is 10.7. The summed E-state index contributed by atoms with van der Waals surface area (Å²) in [4.78, 5) is 10.7. The molecule has 0 saturated heterocycles. The van der Waals surface area contributed by atoms with Crippen molar-refractivity contribution in [1.82, 2.24) is 0 Å². The molecular weight excluding hydrogens is 408 g/mol. The van der Waals surface area contributed by atoms with Gasteiger partial charge in [0.25, 0.3) is 0 Å². The molecular formula is C30H42O3. The Kier molecular flexibility index (Phi) is 10.8. The lowest BCUT2D eigenvalue weighted by atomic mass is 9.80. The normalized spacial score (nSPS) is 18.7. The number of benzene rings is 2. The number of rotatable bonds is 14. The molecule has 0 bridgehead atoms. The van der Waals surface area contributed by atoms with E-state index < -0.39 is 5.97 Å². The lowest BCUT2D eigenvalue weighted by Gasteiger charge is -2.28. The van der Waals surface area contributed by atoms with Gasteiger partial charge in [0.15, 0.2) is 0 Å². The van der Waals surface area contributed by atoms with Crippen LogP contribution < -0.4 is 4.74 Å². The number of aliphatic carboxylic acids is 1. The first-order chi connectivity index (χ1) is 16.1. The number of ether oxygens (including phenoxy) is 1. The highest BCUT2D eigenvalue weighted by Gasteiger charge is 2.21. The highest BCUT2D eigenvalue weighted by atomic mass is 16.5. The SMILES string of the molecule is CCCCCCCCCC[C@H]1CC[C@@H](COc2ccc3cc(/C=C/C(=O)O)ccc3c2)CC1. The Bertz CT molecular complexity index is 877. The van der Waals surface area contributed by atoms with Gasteiger partial charge in [0.1, 0.15) is 5.75 Å². The van der Waals surface area contributed by atoms with E-state index in [0.717, 1.165) is 34.6 Å². The summed E-state index contributed by atoms with van der Waals surface area (Å²) in [6.07, 6.45) is 20.9. The molecule has 0 aliphatic heterocycles. The molecule has 1 fully saturated rings. The molecule has 3 nitrogen and oxygen atoms in total. The van der Waals surface area contributed by atoms with Crippen molar-refractivity contribution in [2.24, 2.45) is 11.8 Å². The molecule has 0 heterocycles. The summed E-state index contributed by atoms with van der Waals surface area (Å²) < 4.78 is 6.16. The highest BCUT2D eigenvalue weighted by Crippen LogP contribution is 2.33. The van der Waals surface area contributed by atoms with E-state index in [4.69, 9.17) is 9.84 Å². The topological polar surface area (TPSA) is 46.5 Å². The number of carboxylic acids is 1. The molecule has 3 heteroatoms. The maximum absolute atomic E-state index is 10.7. The number of hydrogen-bond donors (Lipinski definition) is 1. The molecule has 0 radical (unpaired) electrons. The van der Waals surface area contributed by atoms with Crippen molar-refractivity contribution >= 4 is 22.8 Å². The van der Waals surface area contributed by atoms with Crippen LogP contribution in [0.3, 0.4) is 0 Å². The fraction of sp³-hybridized carbons (Fsp3) is 0.567. The van der Waals surface area contributed by atoms with E-state index in [1.165, 1.54) is 89.5 Å². The van der Waals surface area contributed by atoms with Crippen molar-refractivity contribution in [2.45, 2.75) is 90.4 Å². The van der Waals surface area contributed by atoms with Crippen LogP contribution in [0.5, 0.6) is 5.75 Å². The smallest absolute Gasteiger partial charge is 0.328 e. The molecule has 2 aromatic carbocycles. The van der Waals surface area contributed by atoms with Gasteiger partial charge < -0.3 is 9.84 Å². The average Bonchev–Trinajstić information content (AvgIpc) is 2.83. The van der Waals surface area contributed by atoms with Gasteiger partial charge in [-0.3, -0.25) is 0 Å². The highest BCUT2D eigenvalue weighted by molar-refractivity contribution is 5.89. The minimum absolute atomic E-state index is 0.680. The summed E-state index contributed by atoms with van der Waals surface area (Å²) in [6, 6.07) is 12.2. The minimum atomic E-state index is -0.930. The van der Waals surface area contributed by atoms with Crippen LogP contribution in [0.4, 0.5) is 0 Å². The zero-order valence-electron chi connectivity index (χ0n) is 20.4. The third-order valence-electron chi connectivity index (χ3n) is 7.17. The van der Waals surface area contributed by atoms with Gasteiger partial charge in [-0.25, -0.2) is 4.79 Å². The third-order valence-corrected chi connectivity index (χ3v) is 7.17. The van der Waals surface area contributed by atoms with Gasteiger partial charge in [0, 0.05) is 6.08 Å². The van der Waals surface area contributed by atoms with E-state index >= 15 is 0 Å². The molecule has 0 amide bonds. The quantitative estimate of drug-likeness (QED) is 0.231. The molecule has 0 spiro atoms. The Labute approximate surface area is 200 Å². The molecule has 180 valence electrons. The fourth-order valence-electron chi connectivity index (χ4n) is 5.07. The standard InChI is InChI=1S/C30H42O3/c1-2-3-4-5-6-7-8-9-10-24-11-13-26(14-12-24)23-33-29-19-18-27-21-25(16-20-30(31)32)15-17-28(27)22-29/h15-22,24,26H,2-14,23H2,1H3,(H,31,32)/b20-16+/t24-,26+. The summed E-state index contributed by atoms with van der Waals surface area (Å²) in [7, 11) is 0. The van der Waals surface area contributed by atoms with E-state index in [1.807, 2.05) is 24.3 Å². The summed E-state index contributed by atoms with van der Waals surface area (Å²) in [5, 5.41) is 11.0. The second-order valence-electron chi connectivity index (χ2n) is 9.90. The molecule has 2 aromatic rings. The summed E-state index contributed by atoms with van der Waals surface area (Å²) in [6.45, 7) is 3.10. The first-order valence-electron chi connectivity index (χ1n) is 13.2. The van der Waals surface area contributed by atoms with Gasteiger partial charge in [-0.15, -0.1) is 0 Å². The van der Waals surface area contributed by atoms with Crippen molar-refractivity contribution < 1.29 is 14.6 Å². The minimum Gasteiger partial charge on any atom is -0.493 e. The molecule has 3 rings (SSSR count). The first-order valence-corrected chi connectivity index (χ1v) is 13.2. The van der Waals surface area contributed by atoms with Gasteiger partial charge in [-0.2, -0.15) is 0 Å². The molecule has 33 heavy (non-hydrogen) atoms. The van der Waals surface area contributed by atoms with Crippen LogP contribution in [0.1, 0.15) is 96.0 Å². The van der Waals surface area contributed by atoms with Crippen molar-refractivity contribution in [3.05, 3.63) is 48.0 Å². The molecule has 0 unspecified atom stereocenters. The zero-order chi connectivity index (χ0) is 23.3. The van der Waals surface area contributed by atoms with Crippen LogP contribution in [-0.4, -0.2) is 17.7 Å². The molecule has 1 N–H and O–H groups in total. The molecule has 0 aromatic heterocycles. The fourth-order valence-corrected chi connectivity index (χ4v) is 5.07. The van der Waals surface area contributed by atoms with Gasteiger partial charge in [-0.1, -0.05) is 95.8 Å². The largest absolute Gasteiger partial charge is 0.493 e. The van der Waals surface area contributed by atoms with Crippen LogP contribution in [0.15, 0.2) is 42.5 Å². The number of fused-ring (bicyclic) bond motifs is 1. The predicted octanol–water partition coefficient (Wildman–Crippen LogP) is 8.65. The average molecular weight is 451 g/mol. The number of unbranched alkanes of at least 4 members (excludes halogenated alkanes) is 7. The van der Waals surface area contributed by atoms with E-state index in [1.54, 1.807) is 6.08 Å². The Morgan fingerprint density at radius 3 is 2.24 bits per heavy atom. The van der Waals surface area contributed by atoms with Crippen LogP contribution in [0.2, 0.25) is 0 Å². The van der Waals surface area contributed by atoms with E-state index in [0.29, 0.717) is 5.92 Å². The van der Waals surface area contributed by atoms with Gasteiger partial charge in [0.05, 0.1) is 6.61 Å². The second kappa shape index (κ2) is 14.1. The summed E-state index contributed by atoms with van der Waals surface area (Å²) >= 11 is 0. The Morgan fingerprint density at radius 1 is 0.879 bits per heavy atom. The number of carboxylic acid groups (broad SMARTS) is 1. The Balaban J connectivity index is 1.33. The molecule has 1 aliphatic carbocycles. The zero-order valence-corrected chi connectivity index (χ0v) is 20.4. The van der Waals surface area contributed by atoms with Crippen molar-refractivity contribution in [3.63, 3.8) is 0 Å². The first kappa shape index (κ1) is 25.3. The summed E-state index contributed by atoms with van der Waals surface area (Å²) in [5.41, 5.74) is 0.891. The third kappa shape index (κ3) is 9.23. The molecule has 0 atom stereocenters. The van der Waals surface area contributed by atoms with Gasteiger partial charge in [-0.05, 0) is 65.3 Å². The maximum Gasteiger partial charge on any atom is 0.328 e. The lowest BCUT2D eigenvalue weighted by molar-refractivity contribution is -0.131.